The molecule has 0 radical (unpaired) electrons. The number of carbonyl (C=O) groups excluding carboxylic acids is 2. The lowest BCUT2D eigenvalue weighted by molar-refractivity contribution is -0.156. The Morgan fingerprint density at radius 3 is 2.62 bits per heavy atom. The van der Waals surface area contributed by atoms with Crippen LogP contribution >= 0.6 is 0 Å². The van der Waals surface area contributed by atoms with Crippen LogP contribution in [0.15, 0.2) is 54.6 Å². The number of piperidine rings is 1. The summed E-state index contributed by atoms with van der Waals surface area (Å²) in [5.74, 6) is 0.582. The lowest BCUT2D eigenvalue weighted by Gasteiger charge is -2.55. The number of carbonyl (C=O) groups is 2. The van der Waals surface area contributed by atoms with Crippen molar-refractivity contribution in [2.75, 3.05) is 27.2 Å². The van der Waals surface area contributed by atoms with E-state index in [0.717, 1.165) is 31.7 Å². The van der Waals surface area contributed by atoms with E-state index in [2.05, 4.69) is 29.4 Å². The molecule has 0 bridgehead atoms. The van der Waals surface area contributed by atoms with Gasteiger partial charge in [-0.2, -0.15) is 0 Å². The first-order valence-corrected chi connectivity index (χ1v) is 11.3. The smallest absolute Gasteiger partial charge is 0.302 e. The molecule has 4 atom stereocenters. The number of hydrogen-bond donors (Lipinski definition) is 1. The molecule has 0 spiro atoms. The number of rotatable bonds is 5. The first-order valence-electron chi connectivity index (χ1n) is 11.3. The van der Waals surface area contributed by atoms with Crippen molar-refractivity contribution in [3.63, 3.8) is 0 Å². The van der Waals surface area contributed by atoms with Gasteiger partial charge in [0.05, 0.1) is 7.11 Å². The van der Waals surface area contributed by atoms with Crippen LogP contribution in [0.3, 0.4) is 0 Å². The maximum Gasteiger partial charge on any atom is 0.302 e. The van der Waals surface area contributed by atoms with Gasteiger partial charge in [-0.3, -0.25) is 9.59 Å². The lowest BCUT2D eigenvalue weighted by Crippen LogP contribution is -2.61. The maximum absolute atomic E-state index is 12.9. The van der Waals surface area contributed by atoms with Crippen LogP contribution in [0.1, 0.15) is 42.1 Å². The van der Waals surface area contributed by atoms with Crippen molar-refractivity contribution in [3.8, 4) is 5.75 Å². The molecule has 2 fully saturated rings. The summed E-state index contributed by atoms with van der Waals surface area (Å²) in [6.45, 7) is 3.25. The van der Waals surface area contributed by atoms with Gasteiger partial charge in [-0.05, 0) is 56.3 Å². The molecule has 2 aromatic rings. The number of ether oxygens (including phenoxy) is 2. The zero-order valence-electron chi connectivity index (χ0n) is 19.0. The van der Waals surface area contributed by atoms with Crippen LogP contribution in [0.5, 0.6) is 5.75 Å². The second-order valence-electron chi connectivity index (χ2n) is 9.13. The van der Waals surface area contributed by atoms with Crippen LogP contribution in [-0.2, 0) is 14.9 Å². The third-order valence-electron chi connectivity index (χ3n) is 7.07. The molecule has 4 rings (SSSR count). The van der Waals surface area contributed by atoms with Gasteiger partial charge in [0.25, 0.3) is 5.91 Å². The quantitative estimate of drug-likeness (QED) is 0.728. The van der Waals surface area contributed by atoms with Crippen LogP contribution in [0.2, 0.25) is 0 Å². The molecule has 170 valence electrons. The van der Waals surface area contributed by atoms with Crippen LogP contribution in [-0.4, -0.2) is 56.2 Å². The summed E-state index contributed by atoms with van der Waals surface area (Å²) in [4.78, 5) is 27.3. The third kappa shape index (κ3) is 4.51. The first kappa shape index (κ1) is 22.3. The largest absolute Gasteiger partial charge is 0.497 e. The SMILES string of the molecule is COc1cccc(C23CCN(C)CC2C(OC(C)=O)C[C@@H](NC(=O)c2ccccc2)C3)c1. The molecule has 1 aliphatic carbocycles. The van der Waals surface area contributed by atoms with E-state index in [9.17, 15) is 9.59 Å². The number of amides is 1. The Kier molecular flexibility index (Phi) is 6.51. The van der Waals surface area contributed by atoms with Crippen LogP contribution in [0.4, 0.5) is 0 Å². The number of fused-ring (bicyclic) bond motifs is 1. The van der Waals surface area contributed by atoms with Crippen molar-refractivity contribution in [3.05, 3.63) is 65.7 Å². The number of esters is 1. The van der Waals surface area contributed by atoms with Crippen molar-refractivity contribution < 1.29 is 19.1 Å². The van der Waals surface area contributed by atoms with Gasteiger partial charge >= 0.3 is 5.97 Å². The molecule has 0 aromatic heterocycles. The minimum Gasteiger partial charge on any atom is -0.497 e. The van der Waals surface area contributed by atoms with Crippen molar-refractivity contribution >= 4 is 11.9 Å². The Morgan fingerprint density at radius 2 is 1.91 bits per heavy atom. The van der Waals surface area contributed by atoms with Crippen molar-refractivity contribution in [2.24, 2.45) is 5.92 Å². The van der Waals surface area contributed by atoms with Gasteiger partial charge in [0.15, 0.2) is 0 Å². The molecule has 1 amide bonds. The number of likely N-dealkylation sites (tertiary alicyclic amines) is 1. The zero-order valence-corrected chi connectivity index (χ0v) is 19.0. The first-order chi connectivity index (χ1) is 15.4. The van der Waals surface area contributed by atoms with E-state index in [4.69, 9.17) is 9.47 Å². The van der Waals surface area contributed by atoms with E-state index in [1.807, 2.05) is 42.5 Å². The summed E-state index contributed by atoms with van der Waals surface area (Å²) < 4.78 is 11.4. The minimum atomic E-state index is -0.280. The molecule has 3 unspecified atom stereocenters. The predicted molar refractivity (Wildman–Crippen MR) is 123 cm³/mol. The fourth-order valence-corrected chi connectivity index (χ4v) is 5.59. The van der Waals surface area contributed by atoms with Crippen LogP contribution in [0.25, 0.3) is 0 Å². The van der Waals surface area contributed by atoms with Gasteiger partial charge in [-0.15, -0.1) is 0 Å². The Labute approximate surface area is 189 Å². The van der Waals surface area contributed by atoms with Crippen molar-refractivity contribution in [1.82, 2.24) is 10.2 Å². The molecule has 32 heavy (non-hydrogen) atoms. The minimum absolute atomic E-state index is 0.0932. The van der Waals surface area contributed by atoms with Crippen LogP contribution in [0, 0.1) is 5.92 Å². The number of methoxy groups -OCH3 is 1. The average molecular weight is 437 g/mol. The van der Waals surface area contributed by atoms with E-state index in [1.165, 1.54) is 12.5 Å². The number of benzene rings is 2. The summed E-state index contributed by atoms with van der Waals surface area (Å²) in [7, 11) is 3.79. The van der Waals surface area contributed by atoms with Gasteiger partial charge in [0.1, 0.15) is 11.9 Å². The van der Waals surface area contributed by atoms with Crippen LogP contribution < -0.4 is 10.1 Å². The molecular weight excluding hydrogens is 404 g/mol. The standard InChI is InChI=1S/C26H32N2O4/c1-18(29)32-24-15-21(27-25(30)19-8-5-4-6-9-19)16-26(12-13-28(2)17-23(24)26)20-10-7-11-22(14-20)31-3/h4-11,14,21,23-24H,12-13,15-17H2,1-3H3,(H,27,30)/t21-,23?,24?,26?/m1/s1. The van der Waals surface area contributed by atoms with Crippen molar-refractivity contribution in [2.45, 2.75) is 43.7 Å². The second kappa shape index (κ2) is 9.33. The molecule has 1 heterocycles. The molecule has 1 N–H and O–H groups in total. The van der Waals surface area contributed by atoms with E-state index in [0.29, 0.717) is 12.0 Å². The summed E-state index contributed by atoms with van der Waals surface area (Å²) in [5, 5.41) is 3.23. The Morgan fingerprint density at radius 1 is 1.12 bits per heavy atom. The third-order valence-corrected chi connectivity index (χ3v) is 7.07. The highest BCUT2D eigenvalue weighted by molar-refractivity contribution is 5.94. The van der Waals surface area contributed by atoms with Gasteiger partial charge in [-0.1, -0.05) is 30.3 Å². The molecule has 2 aliphatic rings. The monoisotopic (exact) mass is 436 g/mol. The maximum atomic E-state index is 12.9. The van der Waals surface area contributed by atoms with Gasteiger partial charge in [0.2, 0.25) is 0 Å². The summed E-state index contributed by atoms with van der Waals surface area (Å²) in [6, 6.07) is 17.4. The number of nitrogens with one attached hydrogen (secondary N) is 1. The molecule has 2 aromatic carbocycles. The molecule has 1 aliphatic heterocycles. The van der Waals surface area contributed by atoms with Crippen molar-refractivity contribution in [1.29, 1.82) is 0 Å². The topological polar surface area (TPSA) is 67.9 Å². The van der Waals surface area contributed by atoms with Gasteiger partial charge in [-0.25, -0.2) is 0 Å². The normalized spacial score (nSPS) is 27.8. The Bertz CT molecular complexity index is 963. The highest BCUT2D eigenvalue weighted by Gasteiger charge is 2.53. The summed E-state index contributed by atoms with van der Waals surface area (Å²) >= 11 is 0. The highest BCUT2D eigenvalue weighted by atomic mass is 16.5. The lowest BCUT2D eigenvalue weighted by atomic mass is 9.57. The van der Waals surface area contributed by atoms with E-state index < -0.39 is 0 Å². The number of nitrogens with zero attached hydrogens (tertiary/aromatic N) is 1. The van der Waals surface area contributed by atoms with E-state index >= 15 is 0 Å². The molecule has 1 saturated carbocycles. The average Bonchev–Trinajstić information content (AvgIpc) is 2.80. The predicted octanol–water partition coefficient (Wildman–Crippen LogP) is 3.41. The highest BCUT2D eigenvalue weighted by Crippen LogP contribution is 2.50. The summed E-state index contributed by atoms with van der Waals surface area (Å²) in [6.07, 6.45) is 2.07. The fraction of sp³-hybridized carbons (Fsp3) is 0.462. The molecule has 1 saturated heterocycles. The fourth-order valence-electron chi connectivity index (χ4n) is 5.59. The Balaban J connectivity index is 1.70. The molecule has 6 heteroatoms. The summed E-state index contributed by atoms with van der Waals surface area (Å²) in [5.41, 5.74) is 1.61. The second-order valence-corrected chi connectivity index (χ2v) is 9.13. The van der Waals surface area contributed by atoms with E-state index in [-0.39, 0.29) is 35.4 Å². The van der Waals surface area contributed by atoms with Gasteiger partial charge < -0.3 is 19.7 Å². The van der Waals surface area contributed by atoms with Gasteiger partial charge in [0, 0.05) is 42.8 Å². The van der Waals surface area contributed by atoms with E-state index in [1.54, 1.807) is 7.11 Å². The molecular formula is C26H32N2O4. The Hall–Kier alpha value is -2.86. The number of hydrogen-bond acceptors (Lipinski definition) is 5. The molecule has 6 nitrogen and oxygen atoms in total. The zero-order chi connectivity index (χ0) is 22.7.